The Morgan fingerprint density at radius 2 is 1.54 bits per heavy atom. The van der Waals surface area contributed by atoms with E-state index in [0.29, 0.717) is 0 Å². The van der Waals surface area contributed by atoms with Gasteiger partial charge in [-0.25, -0.2) is 0 Å². The van der Waals surface area contributed by atoms with Gasteiger partial charge in [-0.2, -0.15) is 0 Å². The number of hydrogen-bond donors (Lipinski definition) is 2. The minimum Gasteiger partial charge on any atom is -0.386 e. The first-order chi connectivity index (χ1) is 13.5. The van der Waals surface area contributed by atoms with Crippen molar-refractivity contribution < 1.29 is 0 Å². The van der Waals surface area contributed by atoms with Crippen molar-refractivity contribution in [1.29, 1.82) is 0 Å². The summed E-state index contributed by atoms with van der Waals surface area (Å²) in [5, 5.41) is 6.50. The third kappa shape index (κ3) is 6.92. The number of unbranched alkanes of at least 4 members (excludes halogenated alkanes) is 1. The molecule has 0 heterocycles. The van der Waals surface area contributed by atoms with Crippen LogP contribution in [-0.2, 0) is 0 Å². The number of anilines is 2. The van der Waals surface area contributed by atoms with Crippen molar-refractivity contribution in [2.24, 2.45) is 0 Å². The van der Waals surface area contributed by atoms with Crippen molar-refractivity contribution in [3.05, 3.63) is 71.3 Å². The first-order valence-corrected chi connectivity index (χ1v) is 10.5. The Kier molecular flexibility index (Phi) is 10.8. The van der Waals surface area contributed by atoms with Crippen molar-refractivity contribution in [2.75, 3.05) is 24.7 Å². The highest BCUT2D eigenvalue weighted by Gasteiger charge is 2.08. The Balaban J connectivity index is 0.000000892. The van der Waals surface area contributed by atoms with Crippen LogP contribution in [-0.4, -0.2) is 14.1 Å². The third-order valence-corrected chi connectivity index (χ3v) is 4.74. The van der Waals surface area contributed by atoms with Gasteiger partial charge in [0.1, 0.15) is 0 Å². The third-order valence-electron chi connectivity index (χ3n) is 4.74. The molecule has 2 aromatic rings. The molecule has 0 aliphatic rings. The van der Waals surface area contributed by atoms with Gasteiger partial charge in [-0.3, -0.25) is 0 Å². The first-order valence-electron chi connectivity index (χ1n) is 10.5. The monoisotopic (exact) mass is 378 g/mol. The van der Waals surface area contributed by atoms with Gasteiger partial charge in [-0.05, 0) is 54.7 Å². The SMILES string of the molecule is CC/C=C\C(=C(/C)c1cccc(C)c1)c1ccc(NC)c(NC)c1.CCCC. The minimum atomic E-state index is 1.03. The van der Waals surface area contributed by atoms with Gasteiger partial charge in [0.15, 0.2) is 0 Å². The summed E-state index contributed by atoms with van der Waals surface area (Å²) in [6.45, 7) is 10.9. The van der Waals surface area contributed by atoms with Crippen LogP contribution in [0.25, 0.3) is 11.1 Å². The van der Waals surface area contributed by atoms with Crippen molar-refractivity contribution in [3.8, 4) is 0 Å². The molecule has 2 heteroatoms. The molecule has 0 aliphatic carbocycles. The summed E-state index contributed by atoms with van der Waals surface area (Å²) >= 11 is 0. The lowest BCUT2D eigenvalue weighted by Gasteiger charge is -2.14. The fourth-order valence-electron chi connectivity index (χ4n) is 2.84. The van der Waals surface area contributed by atoms with Gasteiger partial charge in [0, 0.05) is 14.1 Å². The van der Waals surface area contributed by atoms with Gasteiger partial charge < -0.3 is 10.6 Å². The van der Waals surface area contributed by atoms with E-state index in [-0.39, 0.29) is 0 Å². The van der Waals surface area contributed by atoms with Crippen LogP contribution in [0.3, 0.4) is 0 Å². The summed E-state index contributed by atoms with van der Waals surface area (Å²) in [7, 11) is 3.90. The van der Waals surface area contributed by atoms with Crippen LogP contribution >= 0.6 is 0 Å². The lowest BCUT2D eigenvalue weighted by molar-refractivity contribution is 0.886. The van der Waals surface area contributed by atoms with Crippen LogP contribution in [0.1, 0.15) is 63.6 Å². The molecule has 2 rings (SSSR count). The molecule has 0 saturated carbocycles. The fourth-order valence-corrected chi connectivity index (χ4v) is 2.84. The van der Waals surface area contributed by atoms with Crippen molar-refractivity contribution in [2.45, 2.75) is 53.9 Å². The van der Waals surface area contributed by atoms with Crippen LogP contribution in [0.15, 0.2) is 54.6 Å². The Hall–Kier alpha value is -2.48. The summed E-state index contributed by atoms with van der Waals surface area (Å²) in [5.74, 6) is 0. The van der Waals surface area contributed by atoms with E-state index in [1.807, 2.05) is 14.1 Å². The van der Waals surface area contributed by atoms with E-state index in [2.05, 4.69) is 99.9 Å². The Morgan fingerprint density at radius 3 is 2.07 bits per heavy atom. The van der Waals surface area contributed by atoms with Crippen LogP contribution in [0.2, 0.25) is 0 Å². The highest BCUT2D eigenvalue weighted by Crippen LogP contribution is 2.32. The average Bonchev–Trinajstić information content (AvgIpc) is 2.73. The molecule has 2 nitrogen and oxygen atoms in total. The van der Waals surface area contributed by atoms with Gasteiger partial charge in [0.25, 0.3) is 0 Å². The first kappa shape index (κ1) is 23.6. The van der Waals surface area contributed by atoms with E-state index >= 15 is 0 Å². The lowest BCUT2D eigenvalue weighted by atomic mass is 9.94. The number of hydrogen-bond acceptors (Lipinski definition) is 2. The molecule has 0 unspecified atom stereocenters. The molecule has 2 aromatic carbocycles. The number of benzene rings is 2. The highest BCUT2D eigenvalue weighted by atomic mass is 14.9. The highest BCUT2D eigenvalue weighted by molar-refractivity contribution is 5.96. The number of rotatable bonds is 7. The molecule has 0 amide bonds. The second-order valence-corrected chi connectivity index (χ2v) is 6.98. The standard InChI is InChI=1S/C22H28N2.C4H10/c1-6-7-11-20(17(3)18-10-8-9-16(2)14-18)19-12-13-21(23-4)22(15-19)24-5;1-3-4-2/h7-15,23-24H,6H2,1-5H3;3-4H2,1-2H3/b11-7-,20-17-;. The molecule has 0 fully saturated rings. The molecular weight excluding hydrogens is 340 g/mol. The number of nitrogens with one attached hydrogen (secondary N) is 2. The van der Waals surface area contributed by atoms with E-state index < -0.39 is 0 Å². The zero-order valence-corrected chi connectivity index (χ0v) is 18.8. The largest absolute Gasteiger partial charge is 0.386 e. The molecular formula is C26H38N2. The van der Waals surface area contributed by atoms with Crippen LogP contribution in [0.4, 0.5) is 11.4 Å². The fraction of sp³-hybridized carbons (Fsp3) is 0.385. The molecule has 28 heavy (non-hydrogen) atoms. The molecule has 152 valence electrons. The van der Waals surface area contributed by atoms with Crippen LogP contribution < -0.4 is 10.6 Å². The maximum Gasteiger partial charge on any atom is 0.0579 e. The van der Waals surface area contributed by atoms with Crippen molar-refractivity contribution in [3.63, 3.8) is 0 Å². The molecule has 2 N–H and O–H groups in total. The quantitative estimate of drug-likeness (QED) is 0.379. The van der Waals surface area contributed by atoms with E-state index in [1.54, 1.807) is 0 Å². The average molecular weight is 379 g/mol. The van der Waals surface area contributed by atoms with Gasteiger partial charge in [-0.1, -0.05) is 81.7 Å². The van der Waals surface area contributed by atoms with Crippen molar-refractivity contribution in [1.82, 2.24) is 0 Å². The summed E-state index contributed by atoms with van der Waals surface area (Å²) in [6, 6.07) is 15.2. The van der Waals surface area contributed by atoms with E-state index in [0.717, 1.165) is 17.8 Å². The topological polar surface area (TPSA) is 24.1 Å². The summed E-state index contributed by atoms with van der Waals surface area (Å²) in [4.78, 5) is 0. The second-order valence-electron chi connectivity index (χ2n) is 6.98. The Morgan fingerprint density at radius 1 is 0.857 bits per heavy atom. The van der Waals surface area contributed by atoms with E-state index in [1.165, 1.54) is 40.7 Å². The molecule has 0 spiro atoms. The second kappa shape index (κ2) is 12.8. The molecule has 0 aromatic heterocycles. The maximum atomic E-state index is 3.28. The van der Waals surface area contributed by atoms with E-state index in [9.17, 15) is 0 Å². The smallest absolute Gasteiger partial charge is 0.0579 e. The minimum absolute atomic E-state index is 1.03. The molecule has 0 radical (unpaired) electrons. The zero-order valence-electron chi connectivity index (χ0n) is 18.8. The van der Waals surface area contributed by atoms with Gasteiger partial charge in [0.05, 0.1) is 11.4 Å². The normalized spacial score (nSPS) is 11.5. The zero-order chi connectivity index (χ0) is 20.9. The number of aryl methyl sites for hydroxylation is 1. The van der Waals surface area contributed by atoms with Gasteiger partial charge in [0.2, 0.25) is 0 Å². The Bertz CT molecular complexity index is 783. The summed E-state index contributed by atoms with van der Waals surface area (Å²) < 4.78 is 0. The lowest BCUT2D eigenvalue weighted by Crippen LogP contribution is -1.98. The summed E-state index contributed by atoms with van der Waals surface area (Å²) in [5.41, 5.74) is 8.55. The molecule has 0 atom stereocenters. The Labute approximate surface area is 172 Å². The van der Waals surface area contributed by atoms with Crippen LogP contribution in [0.5, 0.6) is 0 Å². The van der Waals surface area contributed by atoms with E-state index in [4.69, 9.17) is 0 Å². The van der Waals surface area contributed by atoms with Gasteiger partial charge >= 0.3 is 0 Å². The van der Waals surface area contributed by atoms with Crippen LogP contribution in [0, 0.1) is 6.92 Å². The summed E-state index contributed by atoms with van der Waals surface area (Å²) in [6.07, 6.45) is 8.13. The van der Waals surface area contributed by atoms with Crippen molar-refractivity contribution >= 4 is 22.5 Å². The molecule has 0 bridgehead atoms. The predicted molar refractivity (Wildman–Crippen MR) is 129 cm³/mol. The predicted octanol–water partition coefficient (Wildman–Crippen LogP) is 7.78. The molecule has 0 saturated heterocycles. The van der Waals surface area contributed by atoms with Gasteiger partial charge in [-0.15, -0.1) is 0 Å². The number of allylic oxidation sites excluding steroid dienone is 4. The molecule has 0 aliphatic heterocycles. The maximum absolute atomic E-state index is 3.28.